The van der Waals surface area contributed by atoms with Crippen LogP contribution in [0.3, 0.4) is 0 Å². The Morgan fingerprint density at radius 2 is 2.00 bits per heavy atom. The lowest BCUT2D eigenvalue weighted by Gasteiger charge is -2.15. The van der Waals surface area contributed by atoms with Crippen molar-refractivity contribution in [2.45, 2.75) is 0 Å². The predicted molar refractivity (Wildman–Crippen MR) is 110 cm³/mol. The molecule has 1 amide bonds. The third kappa shape index (κ3) is 4.35. The summed E-state index contributed by atoms with van der Waals surface area (Å²) >= 11 is 0. The van der Waals surface area contributed by atoms with E-state index in [1.807, 2.05) is 0 Å². The molecule has 3 aromatic rings. The van der Waals surface area contributed by atoms with Crippen molar-refractivity contribution in [2.75, 3.05) is 17.7 Å². The number of nitrogens with zero attached hydrogens (tertiary/aromatic N) is 2. The number of aryl methyl sites for hydroxylation is 1. The molecule has 0 fully saturated rings. The quantitative estimate of drug-likeness (QED) is 0.604. The molecule has 1 aromatic carbocycles. The van der Waals surface area contributed by atoms with Crippen LogP contribution in [0, 0.1) is 11.6 Å². The topological polar surface area (TPSA) is 85.2 Å². The van der Waals surface area contributed by atoms with Gasteiger partial charge in [-0.3, -0.25) is 9.59 Å². The summed E-state index contributed by atoms with van der Waals surface area (Å²) in [5.74, 6) is -1.97. The van der Waals surface area contributed by atoms with Crippen LogP contribution in [0.1, 0.15) is 0 Å². The van der Waals surface area contributed by atoms with Gasteiger partial charge in [0.25, 0.3) is 5.56 Å². The Bertz CT molecular complexity index is 1190. The van der Waals surface area contributed by atoms with Crippen LogP contribution >= 0.6 is 0 Å². The van der Waals surface area contributed by atoms with Crippen LogP contribution in [0.15, 0.2) is 60.2 Å². The first-order chi connectivity index (χ1) is 14.3. The average molecular weight is 412 g/mol. The first-order valence-electron chi connectivity index (χ1n) is 8.77. The number of ether oxygens (including phenoxy) is 1. The summed E-state index contributed by atoms with van der Waals surface area (Å²) in [6.07, 6.45) is 3.94. The lowest BCUT2D eigenvalue weighted by molar-refractivity contribution is -0.111. The number of pyridine rings is 2. The van der Waals surface area contributed by atoms with Crippen molar-refractivity contribution >= 4 is 17.4 Å². The molecule has 0 aliphatic carbocycles. The number of halogens is 2. The average Bonchev–Trinajstić information content (AvgIpc) is 2.72. The number of carbonyl (C=O) groups is 1. The molecule has 7 nitrogen and oxygen atoms in total. The molecule has 0 saturated carbocycles. The minimum absolute atomic E-state index is 0.137. The van der Waals surface area contributed by atoms with Gasteiger partial charge in [0.05, 0.1) is 6.20 Å². The number of rotatable bonds is 6. The van der Waals surface area contributed by atoms with E-state index < -0.39 is 17.5 Å². The molecule has 154 valence electrons. The first-order valence-corrected chi connectivity index (χ1v) is 8.77. The number of amides is 1. The number of nitrogens with one attached hydrogen (secondary N) is 2. The lowest BCUT2D eigenvalue weighted by atomic mass is 10.1. The fourth-order valence-electron chi connectivity index (χ4n) is 2.71. The third-order valence-corrected chi connectivity index (χ3v) is 4.18. The molecule has 2 N–H and O–H groups in total. The Kier molecular flexibility index (Phi) is 5.91. The molecule has 0 bridgehead atoms. The first kappa shape index (κ1) is 20.7. The zero-order valence-corrected chi connectivity index (χ0v) is 16.2. The van der Waals surface area contributed by atoms with E-state index in [1.54, 1.807) is 26.4 Å². The van der Waals surface area contributed by atoms with Gasteiger partial charge in [0.2, 0.25) is 5.91 Å². The van der Waals surface area contributed by atoms with Gasteiger partial charge in [0, 0.05) is 37.5 Å². The molecule has 2 aromatic heterocycles. The summed E-state index contributed by atoms with van der Waals surface area (Å²) < 4.78 is 34.3. The van der Waals surface area contributed by atoms with E-state index in [4.69, 9.17) is 4.74 Å². The molecule has 0 unspecified atom stereocenters. The van der Waals surface area contributed by atoms with Gasteiger partial charge >= 0.3 is 0 Å². The largest absolute Gasteiger partial charge is 0.452 e. The molecule has 0 aliphatic rings. The minimum Gasteiger partial charge on any atom is -0.452 e. The van der Waals surface area contributed by atoms with E-state index in [-0.39, 0.29) is 22.9 Å². The highest BCUT2D eigenvalue weighted by atomic mass is 19.1. The van der Waals surface area contributed by atoms with Crippen LogP contribution < -0.4 is 20.9 Å². The molecular weight excluding hydrogens is 394 g/mol. The maximum Gasteiger partial charge on any atom is 0.273 e. The molecule has 2 heterocycles. The molecule has 3 rings (SSSR count). The van der Waals surface area contributed by atoms with Crippen LogP contribution in [-0.4, -0.2) is 22.5 Å². The zero-order valence-electron chi connectivity index (χ0n) is 16.2. The van der Waals surface area contributed by atoms with Crippen LogP contribution in [0.5, 0.6) is 11.5 Å². The SMILES string of the molecule is C=CC(=O)Nc1cc(-c2cc(NC)c(=O)n(C)c2)c(Oc2ccc(F)cc2F)cn1. The zero-order chi connectivity index (χ0) is 21.8. The van der Waals surface area contributed by atoms with Gasteiger partial charge in [0.15, 0.2) is 17.3 Å². The Hall–Kier alpha value is -4.01. The van der Waals surface area contributed by atoms with Crippen molar-refractivity contribution < 1.29 is 18.3 Å². The number of hydrogen-bond donors (Lipinski definition) is 2. The highest BCUT2D eigenvalue weighted by molar-refractivity contribution is 5.98. The minimum atomic E-state index is -0.888. The molecule has 0 aliphatic heterocycles. The van der Waals surface area contributed by atoms with Gasteiger partial charge in [-0.1, -0.05) is 6.58 Å². The Balaban J connectivity index is 2.15. The number of hydrogen-bond acceptors (Lipinski definition) is 5. The second-order valence-electron chi connectivity index (χ2n) is 6.24. The second-order valence-corrected chi connectivity index (χ2v) is 6.24. The van der Waals surface area contributed by atoms with Crippen molar-refractivity contribution in [3.8, 4) is 22.6 Å². The molecule has 30 heavy (non-hydrogen) atoms. The van der Waals surface area contributed by atoms with Crippen LogP contribution in [0.25, 0.3) is 11.1 Å². The lowest BCUT2D eigenvalue weighted by Crippen LogP contribution is -2.19. The standard InChI is InChI=1S/C21H18F2N4O3/c1-4-20(28)26-19-9-14(12-7-16(24-2)21(29)27(3)11-12)18(10-25-19)30-17-6-5-13(22)8-15(17)23/h4-11,24H,1H2,2-3H3,(H,25,26,28). The fraction of sp³-hybridized carbons (Fsp3) is 0.0952. The number of anilines is 2. The van der Waals surface area contributed by atoms with E-state index in [9.17, 15) is 18.4 Å². The maximum absolute atomic E-state index is 14.1. The molecule has 0 atom stereocenters. The van der Waals surface area contributed by atoms with Crippen molar-refractivity contribution in [1.82, 2.24) is 9.55 Å². The van der Waals surface area contributed by atoms with Gasteiger partial charge in [-0.15, -0.1) is 0 Å². The molecule has 0 spiro atoms. The summed E-state index contributed by atoms with van der Waals surface area (Å²) in [6.45, 7) is 3.39. The smallest absolute Gasteiger partial charge is 0.273 e. The van der Waals surface area contributed by atoms with Crippen LogP contribution in [0.4, 0.5) is 20.3 Å². The van der Waals surface area contributed by atoms with E-state index in [0.29, 0.717) is 22.9 Å². The third-order valence-electron chi connectivity index (χ3n) is 4.18. The maximum atomic E-state index is 14.1. The van der Waals surface area contributed by atoms with Crippen LogP contribution in [0.2, 0.25) is 0 Å². The van der Waals surface area contributed by atoms with Crippen molar-refractivity contribution in [3.05, 3.63) is 77.4 Å². The Morgan fingerprint density at radius 3 is 2.67 bits per heavy atom. The van der Waals surface area contributed by atoms with Crippen LogP contribution in [-0.2, 0) is 11.8 Å². The summed E-state index contributed by atoms with van der Waals surface area (Å²) in [6, 6.07) is 6.02. The van der Waals surface area contributed by atoms with Gasteiger partial charge in [-0.2, -0.15) is 0 Å². The number of benzene rings is 1. The monoisotopic (exact) mass is 412 g/mol. The Labute approximate surface area is 170 Å². The number of carbonyl (C=O) groups excluding carboxylic acids is 1. The van der Waals surface area contributed by atoms with Gasteiger partial charge in [-0.25, -0.2) is 13.8 Å². The normalized spacial score (nSPS) is 10.4. The summed E-state index contributed by atoms with van der Waals surface area (Å²) in [7, 11) is 3.18. The van der Waals surface area contributed by atoms with E-state index in [2.05, 4.69) is 22.2 Å². The molecule has 0 radical (unpaired) electrons. The highest BCUT2D eigenvalue weighted by Crippen LogP contribution is 2.35. The van der Waals surface area contributed by atoms with Crippen molar-refractivity contribution in [3.63, 3.8) is 0 Å². The van der Waals surface area contributed by atoms with Gasteiger partial charge in [0.1, 0.15) is 17.3 Å². The van der Waals surface area contributed by atoms with Crippen molar-refractivity contribution in [2.24, 2.45) is 7.05 Å². The summed E-state index contributed by atoms with van der Waals surface area (Å²) in [4.78, 5) is 27.9. The Morgan fingerprint density at radius 1 is 1.23 bits per heavy atom. The fourth-order valence-corrected chi connectivity index (χ4v) is 2.71. The van der Waals surface area contributed by atoms with E-state index in [1.165, 1.54) is 16.8 Å². The molecular formula is C21H18F2N4O3. The number of aromatic nitrogens is 2. The van der Waals surface area contributed by atoms with E-state index >= 15 is 0 Å². The molecule has 0 saturated heterocycles. The molecule has 9 heteroatoms. The van der Waals surface area contributed by atoms with Gasteiger partial charge < -0.3 is 19.9 Å². The summed E-state index contributed by atoms with van der Waals surface area (Å²) in [5, 5.41) is 5.35. The van der Waals surface area contributed by atoms with E-state index in [0.717, 1.165) is 18.2 Å². The predicted octanol–water partition coefficient (Wildman–Crippen LogP) is 3.68. The highest BCUT2D eigenvalue weighted by Gasteiger charge is 2.15. The van der Waals surface area contributed by atoms with Crippen molar-refractivity contribution in [1.29, 1.82) is 0 Å². The second kappa shape index (κ2) is 8.56. The summed E-state index contributed by atoms with van der Waals surface area (Å²) in [5.41, 5.74) is 1.03. The van der Waals surface area contributed by atoms with Gasteiger partial charge in [-0.05, 0) is 30.3 Å².